The van der Waals surface area contributed by atoms with Gasteiger partial charge in [0.05, 0.1) is 6.54 Å². The Balaban J connectivity index is 1.71. The molecule has 2 aromatic carbocycles. The van der Waals surface area contributed by atoms with Crippen molar-refractivity contribution in [3.63, 3.8) is 0 Å². The Morgan fingerprint density at radius 2 is 1.91 bits per heavy atom. The second-order valence-electron chi connectivity index (χ2n) is 7.72. The lowest BCUT2D eigenvalue weighted by Crippen LogP contribution is -2.43. The van der Waals surface area contributed by atoms with Gasteiger partial charge in [-0.05, 0) is 59.5 Å². The monoisotopic (exact) mass is 467 g/mol. The molecular weight excluding hydrogens is 441 g/mol. The van der Waals surface area contributed by atoms with Gasteiger partial charge in [0.15, 0.2) is 5.96 Å². The van der Waals surface area contributed by atoms with E-state index in [1.165, 1.54) is 29.8 Å². The zero-order chi connectivity index (χ0) is 24.7. The summed E-state index contributed by atoms with van der Waals surface area (Å²) in [5.74, 6) is -2.05. The van der Waals surface area contributed by atoms with Crippen LogP contribution in [0.15, 0.2) is 64.5 Å². The number of fused-ring (bicyclic) bond motifs is 1. The molecule has 0 bridgehead atoms. The van der Waals surface area contributed by atoms with Crippen LogP contribution in [0.2, 0.25) is 0 Å². The SMILES string of the molecule is CN=C(N)NCCC[C@H](NC(=O)c1cccn(Cc2ccc3cc(F)ccc3c2)c1=O)C(=O)O. The summed E-state index contributed by atoms with van der Waals surface area (Å²) in [5, 5.41) is 16.3. The second kappa shape index (κ2) is 11.1. The van der Waals surface area contributed by atoms with Gasteiger partial charge in [-0.3, -0.25) is 14.6 Å². The van der Waals surface area contributed by atoms with Crippen LogP contribution in [0, 0.1) is 5.82 Å². The van der Waals surface area contributed by atoms with E-state index in [4.69, 9.17) is 5.73 Å². The topological polar surface area (TPSA) is 139 Å². The van der Waals surface area contributed by atoms with Gasteiger partial charge in [-0.2, -0.15) is 0 Å². The number of aromatic nitrogens is 1. The van der Waals surface area contributed by atoms with Crippen molar-refractivity contribution in [2.24, 2.45) is 10.7 Å². The summed E-state index contributed by atoms with van der Waals surface area (Å²) in [6, 6.07) is 11.6. The van der Waals surface area contributed by atoms with E-state index in [2.05, 4.69) is 15.6 Å². The third-order valence-corrected chi connectivity index (χ3v) is 5.30. The van der Waals surface area contributed by atoms with E-state index < -0.39 is 23.5 Å². The van der Waals surface area contributed by atoms with E-state index in [1.54, 1.807) is 30.5 Å². The van der Waals surface area contributed by atoms with E-state index in [-0.39, 0.29) is 30.3 Å². The van der Waals surface area contributed by atoms with Crippen molar-refractivity contribution < 1.29 is 19.1 Å². The van der Waals surface area contributed by atoms with Gasteiger partial charge >= 0.3 is 5.97 Å². The van der Waals surface area contributed by atoms with E-state index in [0.717, 1.165) is 16.3 Å². The molecule has 0 fully saturated rings. The molecule has 3 rings (SSSR count). The predicted molar refractivity (Wildman–Crippen MR) is 127 cm³/mol. The van der Waals surface area contributed by atoms with Crippen LogP contribution in [0.25, 0.3) is 10.8 Å². The first-order valence-electron chi connectivity index (χ1n) is 10.7. The molecule has 0 aliphatic rings. The molecular formula is C24H26FN5O4. The van der Waals surface area contributed by atoms with Crippen LogP contribution in [0.4, 0.5) is 4.39 Å². The normalized spacial score (nSPS) is 12.4. The Morgan fingerprint density at radius 3 is 2.65 bits per heavy atom. The molecule has 10 heteroatoms. The molecule has 0 saturated heterocycles. The molecule has 5 N–H and O–H groups in total. The first kappa shape index (κ1) is 24.4. The smallest absolute Gasteiger partial charge is 0.326 e. The number of nitrogens with one attached hydrogen (secondary N) is 2. The number of aliphatic imine (C=N–C) groups is 1. The number of benzene rings is 2. The van der Waals surface area contributed by atoms with Crippen molar-refractivity contribution in [3.05, 3.63) is 82.0 Å². The number of guanidine groups is 1. The minimum atomic E-state index is -1.20. The Bertz CT molecular complexity index is 1290. The van der Waals surface area contributed by atoms with Crippen molar-refractivity contribution in [3.8, 4) is 0 Å². The van der Waals surface area contributed by atoms with E-state index in [9.17, 15) is 23.9 Å². The number of nitrogens with two attached hydrogens (primary N) is 1. The molecule has 1 heterocycles. The average Bonchev–Trinajstić information content (AvgIpc) is 2.81. The van der Waals surface area contributed by atoms with Crippen LogP contribution in [0.1, 0.15) is 28.8 Å². The molecule has 0 radical (unpaired) electrons. The molecule has 0 aliphatic carbocycles. The van der Waals surface area contributed by atoms with Crippen molar-refractivity contribution in [1.29, 1.82) is 0 Å². The molecule has 34 heavy (non-hydrogen) atoms. The van der Waals surface area contributed by atoms with Crippen LogP contribution in [0.5, 0.6) is 0 Å². The van der Waals surface area contributed by atoms with E-state index in [1.807, 2.05) is 6.07 Å². The van der Waals surface area contributed by atoms with Crippen molar-refractivity contribution in [2.75, 3.05) is 13.6 Å². The average molecular weight is 468 g/mol. The van der Waals surface area contributed by atoms with Crippen LogP contribution < -0.4 is 21.9 Å². The highest BCUT2D eigenvalue weighted by Crippen LogP contribution is 2.18. The lowest BCUT2D eigenvalue weighted by molar-refractivity contribution is -0.139. The Morgan fingerprint density at radius 1 is 1.18 bits per heavy atom. The fourth-order valence-corrected chi connectivity index (χ4v) is 3.49. The van der Waals surface area contributed by atoms with Gasteiger partial charge in [0, 0.05) is 19.8 Å². The Labute approximate surface area is 195 Å². The van der Waals surface area contributed by atoms with Gasteiger partial charge in [-0.15, -0.1) is 0 Å². The summed E-state index contributed by atoms with van der Waals surface area (Å²) in [5.41, 5.74) is 5.62. The summed E-state index contributed by atoms with van der Waals surface area (Å²) >= 11 is 0. The van der Waals surface area contributed by atoms with Crippen molar-refractivity contribution >= 4 is 28.6 Å². The maximum Gasteiger partial charge on any atom is 0.326 e. The summed E-state index contributed by atoms with van der Waals surface area (Å²) in [6.07, 6.45) is 2.11. The zero-order valence-corrected chi connectivity index (χ0v) is 18.6. The third-order valence-electron chi connectivity index (χ3n) is 5.30. The molecule has 1 amide bonds. The number of pyridine rings is 1. The highest BCUT2D eigenvalue weighted by molar-refractivity contribution is 5.96. The summed E-state index contributed by atoms with van der Waals surface area (Å²) in [6.45, 7) is 0.584. The second-order valence-corrected chi connectivity index (χ2v) is 7.72. The summed E-state index contributed by atoms with van der Waals surface area (Å²) in [7, 11) is 1.52. The number of carbonyl (C=O) groups excluding carboxylic acids is 1. The molecule has 0 unspecified atom stereocenters. The lowest BCUT2D eigenvalue weighted by atomic mass is 10.1. The predicted octanol–water partition coefficient (Wildman–Crippen LogP) is 1.69. The molecule has 0 aliphatic heterocycles. The molecule has 0 saturated carbocycles. The lowest BCUT2D eigenvalue weighted by Gasteiger charge is -2.15. The number of carbonyl (C=O) groups is 2. The highest BCUT2D eigenvalue weighted by Gasteiger charge is 2.22. The zero-order valence-electron chi connectivity index (χ0n) is 18.6. The molecule has 0 spiro atoms. The Kier molecular flexibility index (Phi) is 7.96. The van der Waals surface area contributed by atoms with Crippen LogP contribution in [-0.4, -0.2) is 47.1 Å². The van der Waals surface area contributed by atoms with Gasteiger partial charge in [-0.1, -0.05) is 18.2 Å². The maximum atomic E-state index is 13.4. The largest absolute Gasteiger partial charge is 0.480 e. The van der Waals surface area contributed by atoms with Gasteiger partial charge in [-0.25, -0.2) is 9.18 Å². The first-order chi connectivity index (χ1) is 16.3. The number of amides is 1. The third kappa shape index (κ3) is 6.18. The standard InChI is InChI=1S/C24H26FN5O4/c1-27-24(26)28-10-2-5-20(23(33)34)29-21(31)19-4-3-11-30(22(19)32)14-15-6-7-17-13-18(25)9-8-16(17)12-15/h3-4,6-9,11-13,20H,2,5,10,14H2,1H3,(H,29,31)(H,33,34)(H3,26,27,28)/t20-/m0/s1. The number of rotatable bonds is 9. The molecule has 1 atom stereocenters. The highest BCUT2D eigenvalue weighted by atomic mass is 19.1. The first-order valence-corrected chi connectivity index (χ1v) is 10.7. The van der Waals surface area contributed by atoms with Crippen molar-refractivity contribution in [2.45, 2.75) is 25.4 Å². The number of halogens is 1. The summed E-state index contributed by atoms with van der Waals surface area (Å²) < 4.78 is 14.8. The molecule has 178 valence electrons. The Hall–Kier alpha value is -4.21. The number of hydrogen-bond acceptors (Lipinski definition) is 4. The van der Waals surface area contributed by atoms with E-state index in [0.29, 0.717) is 13.0 Å². The quantitative estimate of drug-likeness (QED) is 0.215. The number of carboxylic acids is 1. The minimum absolute atomic E-state index is 0.143. The number of nitrogens with zero attached hydrogens (tertiary/aromatic N) is 2. The van der Waals surface area contributed by atoms with Gasteiger partial charge < -0.3 is 26.0 Å². The number of hydrogen-bond donors (Lipinski definition) is 4. The number of aliphatic carboxylic acids is 1. The van der Waals surface area contributed by atoms with Gasteiger partial charge in [0.25, 0.3) is 11.5 Å². The van der Waals surface area contributed by atoms with Crippen LogP contribution in [0.3, 0.4) is 0 Å². The number of carboxylic acid groups (broad SMARTS) is 1. The van der Waals surface area contributed by atoms with Crippen LogP contribution in [-0.2, 0) is 11.3 Å². The molecule has 3 aromatic rings. The van der Waals surface area contributed by atoms with Crippen molar-refractivity contribution in [1.82, 2.24) is 15.2 Å². The van der Waals surface area contributed by atoms with E-state index >= 15 is 0 Å². The van der Waals surface area contributed by atoms with Gasteiger partial charge in [0.1, 0.15) is 17.4 Å². The summed E-state index contributed by atoms with van der Waals surface area (Å²) in [4.78, 5) is 40.9. The fourth-order valence-electron chi connectivity index (χ4n) is 3.49. The van der Waals surface area contributed by atoms with Crippen LogP contribution >= 0.6 is 0 Å². The minimum Gasteiger partial charge on any atom is -0.480 e. The molecule has 9 nitrogen and oxygen atoms in total. The fraction of sp³-hybridized carbons (Fsp3) is 0.250. The molecule has 1 aromatic heterocycles. The van der Waals surface area contributed by atoms with Gasteiger partial charge in [0.2, 0.25) is 0 Å². The maximum absolute atomic E-state index is 13.4.